The molecule has 2 heterocycles. The van der Waals surface area contributed by atoms with Crippen LogP contribution in [0.4, 0.5) is 0 Å². The molecule has 0 spiro atoms. The molecule has 1 unspecified atom stereocenters. The van der Waals surface area contributed by atoms with Crippen molar-refractivity contribution in [2.75, 3.05) is 7.05 Å². The molecule has 4 heteroatoms. The van der Waals surface area contributed by atoms with Crippen LogP contribution in [0, 0.1) is 0 Å². The molecular formula is C10H13N3O. The highest BCUT2D eigenvalue weighted by Crippen LogP contribution is 2.20. The van der Waals surface area contributed by atoms with E-state index < -0.39 is 0 Å². The maximum Gasteiger partial charge on any atom is 0.126 e. The van der Waals surface area contributed by atoms with Gasteiger partial charge < -0.3 is 9.73 Å². The summed E-state index contributed by atoms with van der Waals surface area (Å²) in [6.07, 6.45) is 3.46. The minimum atomic E-state index is 0.0671. The molecule has 0 aliphatic rings. The highest BCUT2D eigenvalue weighted by Gasteiger charge is 2.17. The Morgan fingerprint density at radius 3 is 2.86 bits per heavy atom. The van der Waals surface area contributed by atoms with Gasteiger partial charge >= 0.3 is 0 Å². The molecule has 0 saturated heterocycles. The fourth-order valence-electron chi connectivity index (χ4n) is 1.56. The van der Waals surface area contributed by atoms with E-state index in [2.05, 4.69) is 10.4 Å². The van der Waals surface area contributed by atoms with Crippen LogP contribution in [-0.4, -0.2) is 16.8 Å². The van der Waals surface area contributed by atoms with Crippen molar-refractivity contribution in [3.8, 4) is 0 Å². The zero-order valence-electron chi connectivity index (χ0n) is 8.27. The van der Waals surface area contributed by atoms with E-state index in [4.69, 9.17) is 4.42 Å². The van der Waals surface area contributed by atoms with Crippen molar-refractivity contribution in [1.29, 1.82) is 0 Å². The molecule has 1 N–H and O–H groups in total. The highest BCUT2D eigenvalue weighted by molar-refractivity contribution is 5.19. The minimum absolute atomic E-state index is 0.0671. The molecule has 74 valence electrons. The Balaban J connectivity index is 2.36. The zero-order chi connectivity index (χ0) is 9.97. The standard InChI is InChI=1S/C10H13N3O/c1-11-10(9-4-3-7-14-9)8-5-6-12-13(8)2/h3-7,10-11H,1-2H3. The monoisotopic (exact) mass is 191 g/mol. The molecule has 0 aromatic carbocycles. The average molecular weight is 191 g/mol. The van der Waals surface area contributed by atoms with Gasteiger partial charge in [-0.2, -0.15) is 5.10 Å². The predicted octanol–water partition coefficient (Wildman–Crippen LogP) is 1.32. The lowest BCUT2D eigenvalue weighted by Crippen LogP contribution is -2.19. The van der Waals surface area contributed by atoms with Crippen molar-refractivity contribution >= 4 is 0 Å². The van der Waals surface area contributed by atoms with Crippen LogP contribution in [-0.2, 0) is 7.05 Å². The van der Waals surface area contributed by atoms with Gasteiger partial charge in [0.05, 0.1) is 12.0 Å². The topological polar surface area (TPSA) is 43.0 Å². The van der Waals surface area contributed by atoms with E-state index in [0.717, 1.165) is 11.5 Å². The van der Waals surface area contributed by atoms with Crippen LogP contribution >= 0.6 is 0 Å². The van der Waals surface area contributed by atoms with Crippen LogP contribution in [0.2, 0.25) is 0 Å². The van der Waals surface area contributed by atoms with Crippen LogP contribution in [0.1, 0.15) is 17.5 Å². The van der Waals surface area contributed by atoms with Crippen LogP contribution in [0.15, 0.2) is 35.1 Å². The van der Waals surface area contributed by atoms with E-state index in [9.17, 15) is 0 Å². The van der Waals surface area contributed by atoms with Gasteiger partial charge in [-0.3, -0.25) is 4.68 Å². The number of aromatic nitrogens is 2. The minimum Gasteiger partial charge on any atom is -0.467 e. The summed E-state index contributed by atoms with van der Waals surface area (Å²) in [5.74, 6) is 0.899. The number of hydrogen-bond acceptors (Lipinski definition) is 3. The molecule has 0 amide bonds. The second-order valence-corrected chi connectivity index (χ2v) is 3.12. The summed E-state index contributed by atoms with van der Waals surface area (Å²) in [4.78, 5) is 0. The summed E-state index contributed by atoms with van der Waals surface area (Å²) in [5.41, 5.74) is 1.09. The summed E-state index contributed by atoms with van der Waals surface area (Å²) in [7, 11) is 3.82. The largest absolute Gasteiger partial charge is 0.467 e. The summed E-state index contributed by atoms with van der Waals surface area (Å²) in [6, 6.07) is 5.88. The Labute approximate surface area is 82.5 Å². The molecule has 1 atom stereocenters. The summed E-state index contributed by atoms with van der Waals surface area (Å²) in [5, 5.41) is 7.32. The van der Waals surface area contributed by atoms with Gasteiger partial charge in [0.2, 0.25) is 0 Å². The van der Waals surface area contributed by atoms with Crippen molar-refractivity contribution < 1.29 is 4.42 Å². The summed E-state index contributed by atoms with van der Waals surface area (Å²) in [6.45, 7) is 0. The van der Waals surface area contributed by atoms with Gasteiger partial charge in [0.1, 0.15) is 11.8 Å². The second kappa shape index (κ2) is 3.67. The van der Waals surface area contributed by atoms with Gasteiger partial charge in [-0.05, 0) is 25.2 Å². The van der Waals surface area contributed by atoms with Crippen molar-refractivity contribution in [2.24, 2.45) is 7.05 Å². The molecule has 0 aliphatic carbocycles. The Morgan fingerprint density at radius 1 is 1.50 bits per heavy atom. The van der Waals surface area contributed by atoms with Gasteiger partial charge in [0.25, 0.3) is 0 Å². The number of nitrogens with one attached hydrogen (secondary N) is 1. The first-order chi connectivity index (χ1) is 6.83. The van der Waals surface area contributed by atoms with Gasteiger partial charge in [-0.1, -0.05) is 0 Å². The van der Waals surface area contributed by atoms with Gasteiger partial charge in [0.15, 0.2) is 0 Å². The SMILES string of the molecule is CNC(c1ccco1)c1ccnn1C. The first kappa shape index (κ1) is 9.02. The Kier molecular flexibility index (Phi) is 2.37. The third-order valence-electron chi connectivity index (χ3n) is 2.27. The number of furan rings is 1. The lowest BCUT2D eigenvalue weighted by atomic mass is 10.1. The molecule has 2 aromatic heterocycles. The normalized spacial score (nSPS) is 13.0. The molecule has 2 rings (SSSR count). The first-order valence-electron chi connectivity index (χ1n) is 4.51. The number of nitrogens with zero attached hydrogens (tertiary/aromatic N) is 2. The quantitative estimate of drug-likeness (QED) is 0.795. The predicted molar refractivity (Wildman–Crippen MR) is 52.8 cm³/mol. The smallest absolute Gasteiger partial charge is 0.126 e. The van der Waals surface area contributed by atoms with Crippen LogP contribution in [0.3, 0.4) is 0 Å². The molecule has 14 heavy (non-hydrogen) atoms. The van der Waals surface area contributed by atoms with E-state index in [1.807, 2.05) is 37.0 Å². The molecule has 0 aliphatic heterocycles. The Bertz CT molecular complexity index is 391. The van der Waals surface area contributed by atoms with Gasteiger partial charge in [0, 0.05) is 13.2 Å². The number of hydrogen-bond donors (Lipinski definition) is 1. The van der Waals surface area contributed by atoms with Crippen LogP contribution < -0.4 is 5.32 Å². The van der Waals surface area contributed by atoms with Crippen molar-refractivity contribution in [2.45, 2.75) is 6.04 Å². The summed E-state index contributed by atoms with van der Waals surface area (Å²) < 4.78 is 7.20. The van der Waals surface area contributed by atoms with Crippen LogP contribution in [0.5, 0.6) is 0 Å². The maximum absolute atomic E-state index is 5.36. The molecule has 4 nitrogen and oxygen atoms in total. The number of rotatable bonds is 3. The van der Waals surface area contributed by atoms with E-state index >= 15 is 0 Å². The van der Waals surface area contributed by atoms with Crippen molar-refractivity contribution in [1.82, 2.24) is 15.1 Å². The highest BCUT2D eigenvalue weighted by atomic mass is 16.3. The molecular weight excluding hydrogens is 178 g/mol. The lowest BCUT2D eigenvalue weighted by molar-refractivity contribution is 0.449. The fraction of sp³-hybridized carbons (Fsp3) is 0.300. The number of aryl methyl sites for hydroxylation is 1. The maximum atomic E-state index is 5.36. The molecule has 0 radical (unpaired) electrons. The van der Waals surface area contributed by atoms with Gasteiger partial charge in [-0.15, -0.1) is 0 Å². The fourth-order valence-corrected chi connectivity index (χ4v) is 1.56. The third kappa shape index (κ3) is 1.44. The van der Waals surface area contributed by atoms with Crippen molar-refractivity contribution in [3.05, 3.63) is 42.1 Å². The molecule has 0 fully saturated rings. The van der Waals surface area contributed by atoms with E-state index in [1.165, 1.54) is 0 Å². The average Bonchev–Trinajstić information content (AvgIpc) is 2.80. The van der Waals surface area contributed by atoms with Gasteiger partial charge in [-0.25, -0.2) is 0 Å². The van der Waals surface area contributed by atoms with Crippen LogP contribution in [0.25, 0.3) is 0 Å². The van der Waals surface area contributed by atoms with Crippen molar-refractivity contribution in [3.63, 3.8) is 0 Å². The van der Waals surface area contributed by atoms with E-state index in [1.54, 1.807) is 12.5 Å². The Hall–Kier alpha value is -1.55. The lowest BCUT2D eigenvalue weighted by Gasteiger charge is -2.13. The molecule has 2 aromatic rings. The van der Waals surface area contributed by atoms with E-state index in [0.29, 0.717) is 0 Å². The molecule has 0 bridgehead atoms. The van der Waals surface area contributed by atoms with E-state index in [-0.39, 0.29) is 6.04 Å². The third-order valence-corrected chi connectivity index (χ3v) is 2.27. The molecule has 0 saturated carbocycles. The summed E-state index contributed by atoms with van der Waals surface area (Å²) >= 11 is 0. The second-order valence-electron chi connectivity index (χ2n) is 3.12. The zero-order valence-corrected chi connectivity index (χ0v) is 8.27. The first-order valence-corrected chi connectivity index (χ1v) is 4.51. The Morgan fingerprint density at radius 2 is 2.36 bits per heavy atom.